The number of phenols is 1. The van der Waals surface area contributed by atoms with Crippen molar-refractivity contribution in [3.05, 3.63) is 110 Å². The lowest BCUT2D eigenvalue weighted by molar-refractivity contribution is -0.145. The number of nitrogens with one attached hydrogen (secondary N) is 2. The van der Waals surface area contributed by atoms with E-state index in [0.717, 1.165) is 71.7 Å². The maximum atomic E-state index is 12.9. The Morgan fingerprint density at radius 2 is 1.77 bits per heavy atom. The molecule has 1 saturated carbocycles. The number of unbranched alkanes of at least 4 members (excludes halogenated alkanes) is 1. The first-order valence-electron chi connectivity index (χ1n) is 18.9. The fraction of sp³-hybridized carbons (Fsp3) is 0.452. The van der Waals surface area contributed by atoms with Crippen molar-refractivity contribution in [1.29, 1.82) is 0 Å². The molecule has 2 heterocycles. The number of benzene rings is 3. The number of oxazole rings is 1. The standard InChI is InChI=1S/C42H53N3O7Si/c1-41(2,3)53(4,5)52-36(31-16-19-34(46)38-32(31)17-20-37(47)44-38)27-43-26-29-15-18-33-35(25-29)51-40(50)45(33)23-10-7-12-28-13-11-14-30(24-28)42(39(48)49)21-8-6-9-22-42/h11,13-20,24-25,36,43,46H,6-10,12,21-23,26-27H2,1-5H3,(H,44,47)(H,48,49)/t36-/m0/s1. The Bertz CT molecular complexity index is 2200. The quantitative estimate of drug-likeness (QED) is 0.0657. The Labute approximate surface area is 311 Å². The number of carboxylic acid groups (broad SMARTS) is 1. The molecule has 0 unspecified atom stereocenters. The number of H-pyrrole nitrogens is 1. The second-order valence-corrected chi connectivity index (χ2v) is 21.0. The van der Waals surface area contributed by atoms with Crippen molar-refractivity contribution >= 4 is 36.3 Å². The zero-order valence-corrected chi connectivity index (χ0v) is 32.6. The number of rotatable bonds is 14. The van der Waals surface area contributed by atoms with Crippen molar-refractivity contribution in [2.75, 3.05) is 6.54 Å². The second-order valence-electron chi connectivity index (χ2n) is 16.2. The summed E-state index contributed by atoms with van der Waals surface area (Å²) in [6.07, 6.45) is 6.45. The summed E-state index contributed by atoms with van der Waals surface area (Å²) < 4.78 is 14.3. The molecular formula is C42H53N3O7Si. The van der Waals surface area contributed by atoms with Crippen LogP contribution in [0.2, 0.25) is 18.1 Å². The van der Waals surface area contributed by atoms with Gasteiger partial charge in [0.05, 0.1) is 22.6 Å². The summed E-state index contributed by atoms with van der Waals surface area (Å²) >= 11 is 0. The van der Waals surface area contributed by atoms with Crippen LogP contribution in [0.5, 0.6) is 5.75 Å². The van der Waals surface area contributed by atoms with Crippen LogP contribution in [0.1, 0.15) is 94.1 Å². The molecule has 0 saturated heterocycles. The Morgan fingerprint density at radius 1 is 1.00 bits per heavy atom. The highest BCUT2D eigenvalue weighted by molar-refractivity contribution is 6.74. The number of hydrogen-bond donors (Lipinski definition) is 4. The van der Waals surface area contributed by atoms with E-state index in [1.54, 1.807) is 16.7 Å². The van der Waals surface area contributed by atoms with E-state index in [1.807, 2.05) is 36.4 Å². The van der Waals surface area contributed by atoms with E-state index >= 15 is 0 Å². The minimum atomic E-state index is -2.23. The highest BCUT2D eigenvalue weighted by Crippen LogP contribution is 2.42. The van der Waals surface area contributed by atoms with Gasteiger partial charge in [0.2, 0.25) is 5.56 Å². The third-order valence-electron chi connectivity index (χ3n) is 11.6. The summed E-state index contributed by atoms with van der Waals surface area (Å²) in [4.78, 5) is 40.1. The number of aromatic nitrogens is 2. The molecule has 3 aromatic carbocycles. The molecule has 1 fully saturated rings. The van der Waals surface area contributed by atoms with E-state index in [0.29, 0.717) is 43.6 Å². The highest BCUT2D eigenvalue weighted by atomic mass is 28.4. The third kappa shape index (κ3) is 8.22. The number of aliphatic carboxylic acids is 1. The van der Waals surface area contributed by atoms with Crippen molar-refractivity contribution in [2.45, 2.75) is 115 Å². The molecule has 2 aromatic heterocycles. The molecule has 5 aromatic rings. The number of hydrogen-bond acceptors (Lipinski definition) is 7. The first-order chi connectivity index (χ1) is 25.2. The van der Waals surface area contributed by atoms with E-state index in [-0.39, 0.29) is 28.2 Å². The molecule has 0 aliphatic heterocycles. The van der Waals surface area contributed by atoms with E-state index in [1.165, 1.54) is 6.07 Å². The highest BCUT2D eigenvalue weighted by Gasteiger charge is 2.41. The van der Waals surface area contributed by atoms with Crippen molar-refractivity contribution in [1.82, 2.24) is 14.9 Å². The van der Waals surface area contributed by atoms with Gasteiger partial charge in [-0.15, -0.1) is 0 Å². The molecule has 6 rings (SSSR count). The van der Waals surface area contributed by atoms with Crippen LogP contribution in [-0.2, 0) is 34.1 Å². The van der Waals surface area contributed by atoms with Crippen LogP contribution in [0.15, 0.2) is 80.7 Å². The van der Waals surface area contributed by atoms with E-state index in [2.05, 4.69) is 56.3 Å². The molecule has 282 valence electrons. The van der Waals surface area contributed by atoms with Gasteiger partial charge in [0.15, 0.2) is 13.9 Å². The molecule has 0 spiro atoms. The summed E-state index contributed by atoms with van der Waals surface area (Å²) in [6, 6.07) is 20.6. The molecule has 1 aliphatic rings. The lowest BCUT2D eigenvalue weighted by Crippen LogP contribution is -2.43. The number of aromatic hydroxyl groups is 1. The SMILES string of the molecule is CC(C)(C)[Si](C)(C)O[C@@H](CNCc1ccc2c(c1)oc(=O)n2CCCCc1cccc(C2(C(=O)O)CCCCC2)c1)c1ccc(O)c2[nH]c(=O)ccc12. The van der Waals surface area contributed by atoms with Crippen molar-refractivity contribution in [3.8, 4) is 5.75 Å². The van der Waals surface area contributed by atoms with Gasteiger partial charge in [0, 0.05) is 31.1 Å². The lowest BCUT2D eigenvalue weighted by atomic mass is 9.69. The smallest absolute Gasteiger partial charge is 0.419 e. The normalized spacial score (nSPS) is 15.6. The average Bonchev–Trinajstić information content (AvgIpc) is 3.43. The predicted octanol–water partition coefficient (Wildman–Crippen LogP) is 8.30. The Kier molecular flexibility index (Phi) is 11.2. The largest absolute Gasteiger partial charge is 0.506 e. The monoisotopic (exact) mass is 739 g/mol. The first kappa shape index (κ1) is 38.3. The molecule has 0 bridgehead atoms. The third-order valence-corrected chi connectivity index (χ3v) is 16.1. The number of carboxylic acids is 1. The minimum Gasteiger partial charge on any atom is -0.506 e. The van der Waals surface area contributed by atoms with Gasteiger partial charge in [-0.25, -0.2) is 4.79 Å². The number of phenolic OH excluding ortho intramolecular Hbond substituents is 1. The Balaban J connectivity index is 1.11. The Morgan fingerprint density at radius 3 is 2.51 bits per heavy atom. The predicted molar refractivity (Wildman–Crippen MR) is 211 cm³/mol. The summed E-state index contributed by atoms with van der Waals surface area (Å²) in [6.45, 7) is 12.5. The van der Waals surface area contributed by atoms with Gasteiger partial charge in [-0.2, -0.15) is 0 Å². The van der Waals surface area contributed by atoms with Gasteiger partial charge < -0.3 is 29.4 Å². The number of aryl methyl sites for hydroxylation is 2. The van der Waals surface area contributed by atoms with Crippen LogP contribution in [-0.4, -0.2) is 40.6 Å². The van der Waals surface area contributed by atoms with Gasteiger partial charge in [-0.1, -0.05) is 76.4 Å². The van der Waals surface area contributed by atoms with Gasteiger partial charge in [0.25, 0.3) is 0 Å². The fourth-order valence-electron chi connectivity index (χ4n) is 7.47. The van der Waals surface area contributed by atoms with Crippen molar-refractivity contribution in [3.63, 3.8) is 0 Å². The molecule has 1 atom stereocenters. The molecule has 11 heteroatoms. The second kappa shape index (κ2) is 15.5. The molecule has 1 aliphatic carbocycles. The van der Waals surface area contributed by atoms with Gasteiger partial charge in [-0.05, 0) is 96.8 Å². The average molecular weight is 740 g/mol. The number of carbonyl (C=O) groups is 1. The molecule has 0 amide bonds. The number of aromatic amines is 1. The van der Waals surface area contributed by atoms with Crippen molar-refractivity contribution in [2.24, 2.45) is 0 Å². The van der Waals surface area contributed by atoms with E-state index < -0.39 is 19.7 Å². The zero-order chi connectivity index (χ0) is 38.0. The molecule has 10 nitrogen and oxygen atoms in total. The Hall–Kier alpha value is -4.45. The van der Waals surface area contributed by atoms with Crippen LogP contribution in [0.3, 0.4) is 0 Å². The zero-order valence-electron chi connectivity index (χ0n) is 31.6. The summed E-state index contributed by atoms with van der Waals surface area (Å²) in [5.74, 6) is -1.09. The molecule has 0 radical (unpaired) electrons. The van der Waals surface area contributed by atoms with Crippen molar-refractivity contribution < 1.29 is 23.9 Å². The van der Waals surface area contributed by atoms with Gasteiger partial charge in [-0.3, -0.25) is 14.2 Å². The van der Waals surface area contributed by atoms with Crippen LogP contribution >= 0.6 is 0 Å². The number of pyridine rings is 1. The molecule has 4 N–H and O–H groups in total. The summed E-state index contributed by atoms with van der Waals surface area (Å²) in [5.41, 5.74) is 4.49. The van der Waals surface area contributed by atoms with Crippen LogP contribution < -0.4 is 16.6 Å². The molecular weight excluding hydrogens is 687 g/mol. The fourth-order valence-corrected chi connectivity index (χ4v) is 8.75. The lowest BCUT2D eigenvalue weighted by Gasteiger charge is -2.39. The minimum absolute atomic E-state index is 0.0114. The topological polar surface area (TPSA) is 147 Å². The van der Waals surface area contributed by atoms with E-state index in [4.69, 9.17) is 8.84 Å². The van der Waals surface area contributed by atoms with E-state index in [9.17, 15) is 24.6 Å². The van der Waals surface area contributed by atoms with Crippen LogP contribution in [0.25, 0.3) is 22.0 Å². The first-order valence-corrected chi connectivity index (χ1v) is 21.8. The maximum Gasteiger partial charge on any atom is 0.419 e. The van der Waals surface area contributed by atoms with Crippen LogP contribution in [0, 0.1) is 0 Å². The van der Waals surface area contributed by atoms with Gasteiger partial charge >= 0.3 is 11.7 Å². The number of nitrogens with zero attached hydrogens (tertiary/aromatic N) is 1. The van der Waals surface area contributed by atoms with Crippen LogP contribution in [0.4, 0.5) is 0 Å². The summed E-state index contributed by atoms with van der Waals surface area (Å²) in [5, 5.41) is 24.9. The number of fused-ring (bicyclic) bond motifs is 2. The van der Waals surface area contributed by atoms with Gasteiger partial charge in [0.1, 0.15) is 5.75 Å². The summed E-state index contributed by atoms with van der Waals surface area (Å²) in [7, 11) is -2.23. The maximum absolute atomic E-state index is 12.9. The molecule has 53 heavy (non-hydrogen) atoms.